The van der Waals surface area contributed by atoms with Gasteiger partial charge in [0.2, 0.25) is 0 Å². The molecule has 1 aromatic heterocycles. The van der Waals surface area contributed by atoms with E-state index in [4.69, 9.17) is 5.73 Å². The zero-order valence-corrected chi connectivity index (χ0v) is 8.69. The van der Waals surface area contributed by atoms with Crippen LogP contribution in [0.2, 0.25) is 0 Å². The van der Waals surface area contributed by atoms with Crippen molar-refractivity contribution in [2.45, 2.75) is 33.2 Å². The molecule has 2 nitrogen and oxygen atoms in total. The summed E-state index contributed by atoms with van der Waals surface area (Å²) in [5, 5.41) is 1.10. The lowest BCUT2D eigenvalue weighted by molar-refractivity contribution is 0.514. The molecule has 0 radical (unpaired) electrons. The van der Waals surface area contributed by atoms with E-state index in [9.17, 15) is 0 Å². The monoisotopic (exact) mass is 184 g/mol. The molecule has 0 fully saturated rings. The first-order valence-electron chi connectivity index (χ1n) is 4.27. The number of hydrogen-bond acceptors (Lipinski definition) is 3. The molecule has 3 heteroatoms. The SMILES string of the molecule is Cc1ncc(C(N)CC(C)C)s1. The Kier molecular flexibility index (Phi) is 3.23. The van der Waals surface area contributed by atoms with Crippen LogP contribution in [-0.2, 0) is 0 Å². The number of thiazole rings is 1. The summed E-state index contributed by atoms with van der Waals surface area (Å²) in [4.78, 5) is 5.39. The Balaban J connectivity index is 2.58. The van der Waals surface area contributed by atoms with Crippen LogP contribution < -0.4 is 5.73 Å². The van der Waals surface area contributed by atoms with E-state index in [0.717, 1.165) is 11.4 Å². The molecular formula is C9H16N2S. The van der Waals surface area contributed by atoms with Crippen LogP contribution in [0.4, 0.5) is 0 Å². The normalized spacial score (nSPS) is 13.8. The Morgan fingerprint density at radius 3 is 2.67 bits per heavy atom. The summed E-state index contributed by atoms with van der Waals surface area (Å²) in [5.41, 5.74) is 5.98. The lowest BCUT2D eigenvalue weighted by Crippen LogP contribution is -2.11. The second-order valence-corrected chi connectivity index (χ2v) is 4.78. The Morgan fingerprint density at radius 2 is 2.25 bits per heavy atom. The van der Waals surface area contributed by atoms with Crippen molar-refractivity contribution >= 4 is 11.3 Å². The highest BCUT2D eigenvalue weighted by Gasteiger charge is 2.10. The molecule has 0 aliphatic rings. The van der Waals surface area contributed by atoms with Gasteiger partial charge in [0.05, 0.1) is 5.01 Å². The Hall–Kier alpha value is -0.410. The summed E-state index contributed by atoms with van der Waals surface area (Å²) in [6, 6.07) is 0.177. The molecule has 0 spiro atoms. The van der Waals surface area contributed by atoms with Crippen LogP contribution in [0.25, 0.3) is 0 Å². The Labute approximate surface area is 77.8 Å². The summed E-state index contributed by atoms with van der Waals surface area (Å²) in [7, 11) is 0. The van der Waals surface area contributed by atoms with Crippen molar-refractivity contribution in [3.8, 4) is 0 Å². The Morgan fingerprint density at radius 1 is 1.58 bits per heavy atom. The first kappa shape index (κ1) is 9.68. The summed E-state index contributed by atoms with van der Waals surface area (Å²) in [6.07, 6.45) is 2.94. The van der Waals surface area contributed by atoms with Gasteiger partial charge in [-0.05, 0) is 19.3 Å². The average molecular weight is 184 g/mol. The minimum absolute atomic E-state index is 0.177. The van der Waals surface area contributed by atoms with Crippen molar-refractivity contribution in [3.63, 3.8) is 0 Å². The van der Waals surface area contributed by atoms with E-state index in [1.807, 2.05) is 13.1 Å². The Bertz CT molecular complexity index is 242. The van der Waals surface area contributed by atoms with Crippen molar-refractivity contribution in [2.75, 3.05) is 0 Å². The fourth-order valence-electron chi connectivity index (χ4n) is 1.17. The molecule has 1 aromatic rings. The molecule has 1 rings (SSSR count). The van der Waals surface area contributed by atoms with Crippen LogP contribution in [0, 0.1) is 12.8 Å². The number of aromatic nitrogens is 1. The first-order valence-corrected chi connectivity index (χ1v) is 5.09. The maximum Gasteiger partial charge on any atom is 0.0897 e. The molecule has 12 heavy (non-hydrogen) atoms. The molecule has 68 valence electrons. The topological polar surface area (TPSA) is 38.9 Å². The van der Waals surface area contributed by atoms with Gasteiger partial charge in [0.1, 0.15) is 0 Å². The van der Waals surface area contributed by atoms with E-state index in [0.29, 0.717) is 5.92 Å². The third-order valence-electron chi connectivity index (χ3n) is 1.73. The van der Waals surface area contributed by atoms with Gasteiger partial charge in [-0.15, -0.1) is 11.3 Å². The van der Waals surface area contributed by atoms with Crippen molar-refractivity contribution < 1.29 is 0 Å². The van der Waals surface area contributed by atoms with Crippen LogP contribution in [-0.4, -0.2) is 4.98 Å². The maximum atomic E-state index is 5.98. The zero-order valence-electron chi connectivity index (χ0n) is 7.87. The minimum atomic E-state index is 0.177. The smallest absolute Gasteiger partial charge is 0.0897 e. The van der Waals surface area contributed by atoms with E-state index in [1.165, 1.54) is 4.88 Å². The van der Waals surface area contributed by atoms with E-state index < -0.39 is 0 Å². The van der Waals surface area contributed by atoms with Crippen LogP contribution in [0.5, 0.6) is 0 Å². The molecule has 0 amide bonds. The van der Waals surface area contributed by atoms with E-state index >= 15 is 0 Å². The fraction of sp³-hybridized carbons (Fsp3) is 0.667. The standard InChI is InChI=1S/C9H16N2S/c1-6(2)4-8(10)9-5-11-7(3)12-9/h5-6,8H,4,10H2,1-3H3. The van der Waals surface area contributed by atoms with Gasteiger partial charge in [0.15, 0.2) is 0 Å². The molecule has 0 saturated carbocycles. The third-order valence-corrected chi connectivity index (χ3v) is 2.77. The van der Waals surface area contributed by atoms with Gasteiger partial charge in [0, 0.05) is 17.1 Å². The molecule has 1 atom stereocenters. The highest BCUT2D eigenvalue weighted by Crippen LogP contribution is 2.23. The molecule has 0 saturated heterocycles. The molecule has 0 aromatic carbocycles. The van der Waals surface area contributed by atoms with Gasteiger partial charge in [-0.2, -0.15) is 0 Å². The van der Waals surface area contributed by atoms with Crippen LogP contribution >= 0.6 is 11.3 Å². The molecular weight excluding hydrogens is 168 g/mol. The van der Waals surface area contributed by atoms with E-state index in [-0.39, 0.29) is 6.04 Å². The number of hydrogen-bond donors (Lipinski definition) is 1. The van der Waals surface area contributed by atoms with Crippen LogP contribution in [0.1, 0.15) is 36.2 Å². The van der Waals surface area contributed by atoms with Crippen molar-refractivity contribution in [1.29, 1.82) is 0 Å². The number of nitrogens with two attached hydrogens (primary N) is 1. The number of nitrogens with zero attached hydrogens (tertiary/aromatic N) is 1. The molecule has 0 aliphatic heterocycles. The maximum absolute atomic E-state index is 5.98. The lowest BCUT2D eigenvalue weighted by Gasteiger charge is -2.10. The van der Waals surface area contributed by atoms with E-state index in [1.54, 1.807) is 11.3 Å². The molecule has 0 aliphatic carbocycles. The quantitative estimate of drug-likeness (QED) is 0.784. The second kappa shape index (κ2) is 4.01. The summed E-state index contributed by atoms with van der Waals surface area (Å²) in [5.74, 6) is 0.655. The van der Waals surface area contributed by atoms with Crippen molar-refractivity contribution in [1.82, 2.24) is 4.98 Å². The van der Waals surface area contributed by atoms with Gasteiger partial charge < -0.3 is 5.73 Å². The predicted molar refractivity (Wildman–Crippen MR) is 53.2 cm³/mol. The zero-order chi connectivity index (χ0) is 9.14. The largest absolute Gasteiger partial charge is 0.323 e. The van der Waals surface area contributed by atoms with Gasteiger partial charge >= 0.3 is 0 Å². The minimum Gasteiger partial charge on any atom is -0.323 e. The lowest BCUT2D eigenvalue weighted by atomic mass is 10.0. The molecule has 2 N–H and O–H groups in total. The van der Waals surface area contributed by atoms with Crippen LogP contribution in [0.15, 0.2) is 6.20 Å². The molecule has 1 unspecified atom stereocenters. The average Bonchev–Trinajstić information content (AvgIpc) is 2.34. The second-order valence-electron chi connectivity index (χ2n) is 3.52. The van der Waals surface area contributed by atoms with Gasteiger partial charge in [-0.25, -0.2) is 4.98 Å². The van der Waals surface area contributed by atoms with Gasteiger partial charge in [-0.1, -0.05) is 13.8 Å². The van der Waals surface area contributed by atoms with Crippen molar-refractivity contribution in [2.24, 2.45) is 11.7 Å². The predicted octanol–water partition coefficient (Wildman–Crippen LogP) is 2.50. The van der Waals surface area contributed by atoms with Gasteiger partial charge in [-0.3, -0.25) is 0 Å². The number of rotatable bonds is 3. The fourth-order valence-corrected chi connectivity index (χ4v) is 1.97. The summed E-state index contributed by atoms with van der Waals surface area (Å²) >= 11 is 1.70. The van der Waals surface area contributed by atoms with Crippen molar-refractivity contribution in [3.05, 3.63) is 16.1 Å². The molecule has 1 heterocycles. The summed E-state index contributed by atoms with van der Waals surface area (Å²) < 4.78 is 0. The third kappa shape index (κ3) is 2.57. The summed E-state index contributed by atoms with van der Waals surface area (Å²) in [6.45, 7) is 6.39. The highest BCUT2D eigenvalue weighted by molar-refractivity contribution is 7.11. The number of aryl methyl sites for hydroxylation is 1. The molecule has 0 bridgehead atoms. The van der Waals surface area contributed by atoms with E-state index in [2.05, 4.69) is 18.8 Å². The first-order chi connectivity index (χ1) is 5.59. The highest BCUT2D eigenvalue weighted by atomic mass is 32.1. The van der Waals surface area contributed by atoms with Gasteiger partial charge in [0.25, 0.3) is 0 Å². The van der Waals surface area contributed by atoms with Crippen LogP contribution in [0.3, 0.4) is 0 Å².